The van der Waals surface area contributed by atoms with Crippen molar-refractivity contribution in [2.45, 2.75) is 167 Å². The quantitative estimate of drug-likeness (QED) is 0.0242. The molecule has 36 heteroatoms. The normalized spacial score (nSPS) is 25.0. The fraction of sp³-hybridized carbons (Fsp3) is 0.630. The summed E-state index contributed by atoms with van der Waals surface area (Å²) in [5.74, 6) is -5.18. The third-order valence-corrected chi connectivity index (χ3v) is 18.2. The Morgan fingerprint density at radius 3 is 1.58 bits per heavy atom. The molecule has 1 aromatic carbocycles. The molecule has 7 rings (SSSR count). The molecular weight excluding hydrogens is 1230 g/mol. The van der Waals surface area contributed by atoms with Gasteiger partial charge in [0, 0.05) is 6.42 Å². The fourth-order valence-electron chi connectivity index (χ4n) is 9.97. The van der Waals surface area contributed by atoms with Crippen LogP contribution >= 0.6 is 15.3 Å². The van der Waals surface area contributed by atoms with Gasteiger partial charge in [-0.2, -0.15) is 19.9 Å². The molecule has 500 valence electrons. The van der Waals surface area contributed by atoms with Gasteiger partial charge in [0.2, 0.25) is 23.7 Å². The number of aliphatic hydroxyl groups excluding tert-OH is 2. The number of nitrogens with one attached hydrogen (secondary N) is 4. The maximum Gasteiger partial charge on any atom is 0.342 e. The first kappa shape index (κ1) is 72.4. The number of nitrogens with zero attached hydrogens (tertiary/aromatic N) is 8. The van der Waals surface area contributed by atoms with Crippen molar-refractivity contribution in [2.24, 2.45) is 17.3 Å². The molecule has 4 aromatic heterocycles. The van der Waals surface area contributed by atoms with Crippen LogP contribution in [0.4, 0.5) is 11.9 Å². The van der Waals surface area contributed by atoms with Gasteiger partial charge in [-0.05, 0) is 63.4 Å². The number of benzene rings is 1. The number of methoxy groups -OCH3 is 2. The van der Waals surface area contributed by atoms with Crippen LogP contribution in [-0.4, -0.2) is 192 Å². The van der Waals surface area contributed by atoms with Crippen LogP contribution in [0.15, 0.2) is 43.0 Å². The molecule has 2 aliphatic rings. The highest BCUT2D eigenvalue weighted by Gasteiger charge is 2.56. The van der Waals surface area contributed by atoms with Gasteiger partial charge in [0.25, 0.3) is 0 Å². The lowest BCUT2D eigenvalue weighted by molar-refractivity contribution is -0.148. The van der Waals surface area contributed by atoms with Crippen LogP contribution in [0.5, 0.6) is 11.8 Å². The number of anilines is 2. The number of hydrogen-bond acceptors (Lipinski definition) is 25. The molecule has 0 aliphatic carbocycles. The highest BCUT2D eigenvalue weighted by molar-refractivity contribution is 7.55. The summed E-state index contributed by atoms with van der Waals surface area (Å²) in [5, 5.41) is 84.9. The molecule has 34 nitrogen and oxygen atoms in total. The van der Waals surface area contributed by atoms with Crippen molar-refractivity contribution in [2.75, 3.05) is 45.5 Å². The van der Waals surface area contributed by atoms with Crippen molar-refractivity contribution < 1.29 is 96.8 Å². The van der Waals surface area contributed by atoms with Crippen molar-refractivity contribution in [1.29, 1.82) is 0 Å². The number of ether oxygens (including phenoxy) is 5. The highest BCUT2D eigenvalue weighted by Crippen LogP contribution is 2.48. The average Bonchev–Trinajstić information content (AvgIpc) is 1.59. The van der Waals surface area contributed by atoms with Gasteiger partial charge in [0.05, 0.1) is 46.7 Å². The number of carboxylic acids is 3. The van der Waals surface area contributed by atoms with Crippen molar-refractivity contribution in [3.8, 4) is 11.8 Å². The summed E-state index contributed by atoms with van der Waals surface area (Å²) in [6.07, 6.45) is -5.90. The standard InChI is InChI=1S/C31H46N7O10P.C23H38N7O10P/c1-17(2)12-20(26(40)41)36-49(45,37-31(28(42)43,13-18(3)4)14-19-10-8-7-9-11-19)47-15-21-23(39)30(5,44)27(48-21)38-16-33-22-24(38)34-29(32)35-25(22)46-6;1-11(18(32)33)28-41(36,29-12(2)19(34)38-9-22(3,4)5)39-8-13-15(31)23(6,35)20(40-13)30-10-25-14-16(30)26-21(24)27-17(14)37-7/h7-11,16-18,20-21,23,27,39,44H,12-15H2,1-6H3,(H,40,41)(H,42,43)(H2,32,34,35)(H2,36,37,45);10-13,15,20,31,35H,8-9H2,1-7H3,(H,32,33)(H2,24,26,27)(H2,28,29,36)/t20-,21+,23+,27+,30+,31-,49?;11-,12-,13-,15-,20-,23-,41?/m01/s1. The number of carbonyl (C=O) groups is 4. The predicted molar refractivity (Wildman–Crippen MR) is 321 cm³/mol. The summed E-state index contributed by atoms with van der Waals surface area (Å²) >= 11 is 0. The number of nitrogens with two attached hydrogens (primary N) is 2. The summed E-state index contributed by atoms with van der Waals surface area (Å²) < 4.78 is 70.2. The van der Waals surface area contributed by atoms with E-state index < -0.39 is 124 Å². The first-order valence-corrected chi connectivity index (χ1v) is 31.8. The minimum atomic E-state index is -4.62. The number of rotatable bonds is 29. The number of imidazole rings is 2. The molecule has 0 saturated carbocycles. The van der Waals surface area contributed by atoms with E-state index in [1.807, 2.05) is 20.8 Å². The van der Waals surface area contributed by atoms with E-state index >= 15 is 0 Å². The Morgan fingerprint density at radius 1 is 0.700 bits per heavy atom. The van der Waals surface area contributed by atoms with Crippen LogP contribution in [-0.2, 0) is 58.0 Å². The molecule has 6 heterocycles. The van der Waals surface area contributed by atoms with E-state index in [4.69, 9.17) is 44.2 Å². The van der Waals surface area contributed by atoms with Crippen LogP contribution < -0.4 is 41.3 Å². The van der Waals surface area contributed by atoms with Gasteiger partial charge < -0.3 is 79.9 Å². The Bertz CT molecular complexity index is 3420. The first-order valence-electron chi connectivity index (χ1n) is 28.5. The van der Waals surface area contributed by atoms with Crippen LogP contribution in [0.1, 0.15) is 107 Å². The zero-order valence-corrected chi connectivity index (χ0v) is 54.0. The number of aliphatic carboxylic acids is 3. The van der Waals surface area contributed by atoms with Gasteiger partial charge in [-0.1, -0.05) is 78.8 Å². The van der Waals surface area contributed by atoms with Crippen LogP contribution in [0.3, 0.4) is 0 Å². The van der Waals surface area contributed by atoms with Crippen molar-refractivity contribution in [1.82, 2.24) is 59.4 Å². The second-order valence-corrected chi connectivity index (χ2v) is 28.3. The molecule has 2 saturated heterocycles. The second kappa shape index (κ2) is 28.9. The van der Waals surface area contributed by atoms with Gasteiger partial charge in [-0.3, -0.25) is 37.4 Å². The van der Waals surface area contributed by atoms with Crippen LogP contribution in [0.2, 0.25) is 0 Å². The SMILES string of the molecule is COc1nc(N)nc2c1ncn2[C@@H]1O[C@H](COP(=O)(N[C@@H](CC(C)C)C(=O)O)N[C@](Cc2ccccc2)(CC(C)C)C(=O)O)[C@@H](O)[C@@]1(C)O.COc1nc(N)nc2c1ncn2[C@@H]1O[C@H](COP(=O)(N[C@H](C)C(=O)O)N[C@H](C)C(=O)OCC(C)(C)C)[C@@H](O)[C@@]1(C)O. The van der Waals surface area contributed by atoms with E-state index in [9.17, 15) is 64.1 Å². The molecule has 0 bridgehead atoms. The van der Waals surface area contributed by atoms with E-state index in [0.717, 1.165) is 0 Å². The topological polar surface area (TPSA) is 496 Å². The molecule has 14 atom stereocenters. The lowest BCUT2D eigenvalue weighted by atomic mass is 9.84. The summed E-state index contributed by atoms with van der Waals surface area (Å²) in [7, 11) is -6.16. The monoisotopic (exact) mass is 1310 g/mol. The van der Waals surface area contributed by atoms with E-state index in [1.165, 1.54) is 63.7 Å². The number of esters is 1. The fourth-order valence-corrected chi connectivity index (χ4v) is 13.8. The average molecular weight is 1310 g/mol. The van der Waals surface area contributed by atoms with Gasteiger partial charge in [-0.15, -0.1) is 0 Å². The summed E-state index contributed by atoms with van der Waals surface area (Å²) in [6.45, 7) is 16.8. The Kier molecular flexibility index (Phi) is 23.3. The lowest BCUT2D eigenvalue weighted by Gasteiger charge is -2.37. The molecule has 5 aromatic rings. The Labute approximate surface area is 518 Å². The van der Waals surface area contributed by atoms with Gasteiger partial charge >= 0.3 is 39.2 Å². The molecule has 15 N–H and O–H groups in total. The molecule has 2 unspecified atom stereocenters. The third-order valence-electron chi connectivity index (χ3n) is 14.4. The predicted octanol–water partition coefficient (Wildman–Crippen LogP) is 2.52. The number of carbonyl (C=O) groups excluding carboxylic acids is 1. The lowest BCUT2D eigenvalue weighted by Crippen LogP contribution is -2.56. The van der Waals surface area contributed by atoms with Crippen LogP contribution in [0, 0.1) is 17.3 Å². The van der Waals surface area contributed by atoms with Gasteiger partial charge in [-0.25, -0.2) is 30.3 Å². The number of carboxylic acid groups (broad SMARTS) is 3. The number of nitrogen functional groups attached to an aromatic ring is 2. The minimum Gasteiger partial charge on any atom is -0.480 e. The van der Waals surface area contributed by atoms with Crippen LogP contribution in [0.25, 0.3) is 22.3 Å². The number of aliphatic hydroxyl groups is 4. The first-order chi connectivity index (χ1) is 41.8. The molecular formula is C54H84N14O20P2. The van der Waals surface area contributed by atoms with Crippen molar-refractivity contribution in [3.05, 3.63) is 48.5 Å². The number of aromatic nitrogens is 8. The molecule has 2 aliphatic heterocycles. The molecule has 2 fully saturated rings. The highest BCUT2D eigenvalue weighted by atomic mass is 31.2. The van der Waals surface area contributed by atoms with Crippen molar-refractivity contribution in [3.63, 3.8) is 0 Å². The second-order valence-electron chi connectivity index (χ2n) is 24.5. The maximum atomic E-state index is 14.8. The smallest absolute Gasteiger partial charge is 0.342 e. The molecule has 0 radical (unpaired) electrons. The summed E-state index contributed by atoms with van der Waals surface area (Å²) in [6, 6.07) is 4.82. The molecule has 0 amide bonds. The van der Waals surface area contributed by atoms with Crippen molar-refractivity contribution >= 4 is 73.4 Å². The Hall–Kier alpha value is -6.62. The van der Waals surface area contributed by atoms with E-state index in [-0.39, 0.29) is 89.1 Å². The van der Waals surface area contributed by atoms with Gasteiger partial charge in [0.1, 0.15) is 59.3 Å². The summed E-state index contributed by atoms with van der Waals surface area (Å²) in [5.41, 5.74) is 6.84. The Morgan fingerprint density at radius 2 is 1.17 bits per heavy atom. The third kappa shape index (κ3) is 17.3. The number of hydrogen-bond donors (Lipinski definition) is 13. The zero-order valence-electron chi connectivity index (χ0n) is 52.2. The Balaban J connectivity index is 0.000000291. The van der Waals surface area contributed by atoms with E-state index in [2.05, 4.69) is 50.3 Å². The molecule has 90 heavy (non-hydrogen) atoms. The number of fused-ring (bicyclic) bond motifs is 2. The minimum absolute atomic E-state index is 0.00430. The van der Waals surface area contributed by atoms with E-state index in [1.54, 1.807) is 58.0 Å². The zero-order chi connectivity index (χ0) is 67.2. The van der Waals surface area contributed by atoms with E-state index in [0.29, 0.717) is 5.56 Å². The summed E-state index contributed by atoms with van der Waals surface area (Å²) in [4.78, 5) is 74.0. The molecule has 0 spiro atoms. The maximum absolute atomic E-state index is 14.8. The van der Waals surface area contributed by atoms with Gasteiger partial charge in [0.15, 0.2) is 34.8 Å². The largest absolute Gasteiger partial charge is 0.480 e.